The molecule has 1 saturated heterocycles. The molecule has 0 unspecified atom stereocenters. The summed E-state index contributed by atoms with van der Waals surface area (Å²) in [5.74, 6) is -0.185. The summed E-state index contributed by atoms with van der Waals surface area (Å²) >= 11 is 0. The summed E-state index contributed by atoms with van der Waals surface area (Å²) in [7, 11) is 1.62. The maximum absolute atomic E-state index is 14.3. The maximum Gasteiger partial charge on any atom is 0.250 e. The molecule has 2 N–H and O–H groups in total. The zero-order chi connectivity index (χ0) is 21.1. The molecule has 2 aliphatic rings. The predicted molar refractivity (Wildman–Crippen MR) is 113 cm³/mol. The zero-order valence-corrected chi connectivity index (χ0v) is 17.1. The Bertz CT molecular complexity index is 957. The molecule has 1 aliphatic heterocycles. The Kier molecular flexibility index (Phi) is 6.29. The molecule has 1 aliphatic carbocycles. The number of halogens is 1. The molecule has 4 rings (SSSR count). The van der Waals surface area contributed by atoms with E-state index >= 15 is 0 Å². The Balaban J connectivity index is 1.42. The van der Waals surface area contributed by atoms with Gasteiger partial charge < -0.3 is 19.9 Å². The SMILES string of the molecule is CO[C@H]1CN[C@@H](C(=O)Nc2cc(CC[C@@H](C3CC3)n3ccccc3=O)ccc2F)C1. The van der Waals surface area contributed by atoms with Gasteiger partial charge in [0.1, 0.15) is 5.82 Å². The lowest BCUT2D eigenvalue weighted by Crippen LogP contribution is -2.35. The van der Waals surface area contributed by atoms with Gasteiger partial charge in [-0.25, -0.2) is 4.39 Å². The van der Waals surface area contributed by atoms with Gasteiger partial charge in [-0.15, -0.1) is 0 Å². The molecule has 6 nitrogen and oxygen atoms in total. The second-order valence-electron chi connectivity index (χ2n) is 8.25. The lowest BCUT2D eigenvalue weighted by atomic mass is 10.0. The highest BCUT2D eigenvalue weighted by Gasteiger charge is 2.32. The van der Waals surface area contributed by atoms with Crippen LogP contribution in [0.3, 0.4) is 0 Å². The van der Waals surface area contributed by atoms with Crippen LogP contribution in [0.15, 0.2) is 47.4 Å². The minimum absolute atomic E-state index is 0.00215. The number of benzene rings is 1. The van der Waals surface area contributed by atoms with Crippen LogP contribution in [-0.4, -0.2) is 36.3 Å². The van der Waals surface area contributed by atoms with Crippen molar-refractivity contribution >= 4 is 11.6 Å². The predicted octanol–water partition coefficient (Wildman–Crippen LogP) is 2.89. The molecule has 1 aromatic heterocycles. The Morgan fingerprint density at radius 3 is 2.87 bits per heavy atom. The fourth-order valence-electron chi connectivity index (χ4n) is 4.24. The van der Waals surface area contributed by atoms with Crippen LogP contribution in [0.4, 0.5) is 10.1 Å². The van der Waals surface area contributed by atoms with Gasteiger partial charge in [-0.3, -0.25) is 9.59 Å². The maximum atomic E-state index is 14.3. The molecule has 30 heavy (non-hydrogen) atoms. The standard InChI is InChI=1S/C23H28FN3O3/c1-30-17-13-20(25-14-17)23(29)26-19-12-15(5-9-18(19)24)6-10-21(16-7-8-16)27-11-3-2-4-22(27)28/h2-5,9,11-12,16-17,20-21,25H,6-8,10,13-14H2,1H3,(H,26,29)/t17-,20-,21+/m1/s1. The molecule has 2 aromatic rings. The number of ether oxygens (including phenoxy) is 1. The van der Waals surface area contributed by atoms with E-state index in [9.17, 15) is 14.0 Å². The third-order valence-electron chi connectivity index (χ3n) is 6.13. The van der Waals surface area contributed by atoms with Gasteiger partial charge in [0.05, 0.1) is 17.8 Å². The molecule has 2 fully saturated rings. The highest BCUT2D eigenvalue weighted by molar-refractivity contribution is 5.95. The zero-order valence-electron chi connectivity index (χ0n) is 17.1. The summed E-state index contributed by atoms with van der Waals surface area (Å²) in [6.07, 6.45) is 6.19. The van der Waals surface area contributed by atoms with Crippen LogP contribution in [0, 0.1) is 11.7 Å². The number of aryl methyl sites for hydroxylation is 1. The van der Waals surface area contributed by atoms with Gasteiger partial charge in [0, 0.05) is 32.0 Å². The van der Waals surface area contributed by atoms with Crippen molar-refractivity contribution in [3.63, 3.8) is 0 Å². The van der Waals surface area contributed by atoms with E-state index in [1.54, 1.807) is 31.4 Å². The second kappa shape index (κ2) is 9.10. The van der Waals surface area contributed by atoms with E-state index in [4.69, 9.17) is 4.74 Å². The Hall–Kier alpha value is -2.51. The van der Waals surface area contributed by atoms with E-state index in [0.717, 1.165) is 24.8 Å². The number of carbonyl (C=O) groups is 1. The lowest BCUT2D eigenvalue weighted by molar-refractivity contribution is -0.118. The van der Waals surface area contributed by atoms with Crippen LogP contribution in [-0.2, 0) is 16.0 Å². The Labute approximate surface area is 175 Å². The normalized spacial score (nSPS) is 22.1. The van der Waals surface area contributed by atoms with Gasteiger partial charge in [0.2, 0.25) is 5.91 Å². The first-order valence-electron chi connectivity index (χ1n) is 10.6. The molecule has 7 heteroatoms. The van der Waals surface area contributed by atoms with E-state index < -0.39 is 5.82 Å². The number of nitrogens with zero attached hydrogens (tertiary/aromatic N) is 1. The van der Waals surface area contributed by atoms with Crippen LogP contribution < -0.4 is 16.2 Å². The fraction of sp³-hybridized carbons (Fsp3) is 0.478. The average Bonchev–Trinajstić information content (AvgIpc) is 3.47. The average molecular weight is 413 g/mol. The summed E-state index contributed by atoms with van der Waals surface area (Å²) < 4.78 is 21.4. The topological polar surface area (TPSA) is 72.4 Å². The smallest absolute Gasteiger partial charge is 0.250 e. The summed E-state index contributed by atoms with van der Waals surface area (Å²) in [5.41, 5.74) is 1.15. The molecule has 2 heterocycles. The summed E-state index contributed by atoms with van der Waals surface area (Å²) in [4.78, 5) is 24.7. The van der Waals surface area contributed by atoms with Gasteiger partial charge in [-0.2, -0.15) is 0 Å². The van der Waals surface area contributed by atoms with Gasteiger partial charge in [-0.05, 0) is 61.8 Å². The number of hydrogen-bond acceptors (Lipinski definition) is 4. The van der Waals surface area contributed by atoms with Gasteiger partial charge >= 0.3 is 0 Å². The third kappa shape index (κ3) is 4.79. The van der Waals surface area contributed by atoms with Crippen molar-refractivity contribution in [2.24, 2.45) is 5.92 Å². The third-order valence-corrected chi connectivity index (χ3v) is 6.13. The molecular formula is C23H28FN3O3. The van der Waals surface area contributed by atoms with Crippen molar-refractivity contribution in [2.75, 3.05) is 19.0 Å². The number of carbonyl (C=O) groups excluding carboxylic acids is 1. The van der Waals surface area contributed by atoms with E-state index in [-0.39, 0.29) is 35.3 Å². The van der Waals surface area contributed by atoms with Crippen molar-refractivity contribution in [1.29, 1.82) is 0 Å². The number of amides is 1. The van der Waals surface area contributed by atoms with E-state index in [2.05, 4.69) is 10.6 Å². The first-order chi connectivity index (χ1) is 14.5. The number of rotatable bonds is 8. The summed E-state index contributed by atoms with van der Waals surface area (Å²) in [6.45, 7) is 0.610. The van der Waals surface area contributed by atoms with Crippen molar-refractivity contribution in [1.82, 2.24) is 9.88 Å². The number of hydrogen-bond donors (Lipinski definition) is 2. The number of methoxy groups -OCH3 is 1. The molecular weight excluding hydrogens is 385 g/mol. The minimum atomic E-state index is -0.452. The molecule has 1 amide bonds. The van der Waals surface area contributed by atoms with Crippen molar-refractivity contribution in [3.8, 4) is 0 Å². The van der Waals surface area contributed by atoms with Crippen LogP contribution >= 0.6 is 0 Å². The fourth-order valence-corrected chi connectivity index (χ4v) is 4.24. The minimum Gasteiger partial charge on any atom is -0.380 e. The molecule has 0 spiro atoms. The summed E-state index contributed by atoms with van der Waals surface area (Å²) in [6, 6.07) is 9.83. The monoisotopic (exact) mass is 413 g/mol. The number of anilines is 1. The highest BCUT2D eigenvalue weighted by Crippen LogP contribution is 2.41. The van der Waals surface area contributed by atoms with Crippen LogP contribution in [0.2, 0.25) is 0 Å². The van der Waals surface area contributed by atoms with E-state index in [1.807, 2.05) is 16.8 Å². The Morgan fingerprint density at radius 1 is 1.33 bits per heavy atom. The molecule has 0 radical (unpaired) electrons. The number of nitrogens with one attached hydrogen (secondary N) is 2. The van der Waals surface area contributed by atoms with Gasteiger partial charge in [0.25, 0.3) is 5.56 Å². The quantitative estimate of drug-likeness (QED) is 0.698. The number of pyridine rings is 1. The summed E-state index contributed by atoms with van der Waals surface area (Å²) in [5, 5.41) is 5.82. The molecule has 3 atom stereocenters. The van der Waals surface area contributed by atoms with E-state index in [1.165, 1.54) is 6.07 Å². The Morgan fingerprint density at radius 2 is 2.17 bits per heavy atom. The second-order valence-corrected chi connectivity index (χ2v) is 8.25. The molecule has 160 valence electrons. The largest absolute Gasteiger partial charge is 0.380 e. The first-order valence-corrected chi connectivity index (χ1v) is 10.6. The first kappa shape index (κ1) is 20.8. The van der Waals surface area contributed by atoms with Crippen molar-refractivity contribution in [2.45, 2.75) is 50.3 Å². The van der Waals surface area contributed by atoms with E-state index in [0.29, 0.717) is 25.3 Å². The van der Waals surface area contributed by atoms with Crippen molar-refractivity contribution in [3.05, 3.63) is 64.3 Å². The lowest BCUT2D eigenvalue weighted by Gasteiger charge is -2.19. The number of aromatic nitrogens is 1. The van der Waals surface area contributed by atoms with Crippen LogP contribution in [0.5, 0.6) is 0 Å². The van der Waals surface area contributed by atoms with Gasteiger partial charge in [0.15, 0.2) is 0 Å². The molecule has 0 bridgehead atoms. The van der Waals surface area contributed by atoms with Crippen LogP contribution in [0.1, 0.15) is 37.3 Å². The van der Waals surface area contributed by atoms with Crippen molar-refractivity contribution < 1.29 is 13.9 Å². The van der Waals surface area contributed by atoms with Gasteiger partial charge in [-0.1, -0.05) is 12.1 Å². The highest BCUT2D eigenvalue weighted by atomic mass is 19.1. The molecule has 1 aromatic carbocycles. The molecule has 1 saturated carbocycles. The van der Waals surface area contributed by atoms with Crippen LogP contribution in [0.25, 0.3) is 0 Å².